The molecule has 1 aromatic carbocycles. The number of fused-ring (bicyclic) bond motifs is 1. The highest BCUT2D eigenvalue weighted by molar-refractivity contribution is 6.21. The maximum Gasteiger partial charge on any atom is 0.338 e. The molecule has 2 aliphatic rings. The Morgan fingerprint density at radius 1 is 1.11 bits per heavy atom. The predicted octanol–water partition coefficient (Wildman–Crippen LogP) is 1.10. The van der Waals surface area contributed by atoms with Crippen molar-refractivity contribution in [2.24, 2.45) is 0 Å². The lowest BCUT2D eigenvalue weighted by Gasteiger charge is -2.26. The molecule has 8 nitrogen and oxygen atoms in total. The van der Waals surface area contributed by atoms with Gasteiger partial charge in [-0.05, 0) is 24.6 Å². The monoisotopic (exact) mass is 374 g/mol. The van der Waals surface area contributed by atoms with Crippen LogP contribution in [-0.4, -0.2) is 72.9 Å². The van der Waals surface area contributed by atoms with Crippen molar-refractivity contribution >= 4 is 23.7 Å². The zero-order valence-electron chi connectivity index (χ0n) is 15.2. The van der Waals surface area contributed by atoms with Crippen LogP contribution in [0.2, 0.25) is 0 Å². The van der Waals surface area contributed by atoms with Gasteiger partial charge in [0.1, 0.15) is 0 Å². The fraction of sp³-hybridized carbons (Fsp3) is 0.474. The molecule has 0 N–H and O–H groups in total. The molecule has 1 aromatic rings. The summed E-state index contributed by atoms with van der Waals surface area (Å²) in [7, 11) is 0. The SMILES string of the molecule is CCCCN1C(=O)c2ccc(C(=O)OCC(=O)N3CCOCC3)cc2C1=O. The number of imide groups is 1. The second-order valence-electron chi connectivity index (χ2n) is 6.45. The topological polar surface area (TPSA) is 93.2 Å². The number of esters is 1. The third kappa shape index (κ3) is 4.00. The van der Waals surface area contributed by atoms with Crippen LogP contribution in [0.25, 0.3) is 0 Å². The molecular weight excluding hydrogens is 352 g/mol. The first-order valence-corrected chi connectivity index (χ1v) is 9.05. The van der Waals surface area contributed by atoms with E-state index in [1.54, 1.807) is 4.90 Å². The van der Waals surface area contributed by atoms with Crippen LogP contribution in [0.4, 0.5) is 0 Å². The molecule has 3 amide bonds. The molecule has 0 saturated carbocycles. The van der Waals surface area contributed by atoms with Gasteiger partial charge in [-0.1, -0.05) is 13.3 Å². The Bertz CT molecular complexity index is 769. The third-order valence-corrected chi connectivity index (χ3v) is 4.63. The first kappa shape index (κ1) is 19.0. The number of benzene rings is 1. The summed E-state index contributed by atoms with van der Waals surface area (Å²) >= 11 is 0. The molecule has 2 aliphatic heterocycles. The van der Waals surface area contributed by atoms with Gasteiger partial charge in [0.2, 0.25) is 0 Å². The Kier molecular flexibility index (Phi) is 5.85. The van der Waals surface area contributed by atoms with Crippen LogP contribution >= 0.6 is 0 Å². The lowest BCUT2D eigenvalue weighted by molar-refractivity contribution is -0.138. The Labute approximate surface area is 157 Å². The number of nitrogens with zero attached hydrogens (tertiary/aromatic N) is 2. The lowest BCUT2D eigenvalue weighted by Crippen LogP contribution is -2.42. The van der Waals surface area contributed by atoms with Crippen molar-refractivity contribution < 1.29 is 28.7 Å². The molecule has 2 heterocycles. The molecule has 27 heavy (non-hydrogen) atoms. The van der Waals surface area contributed by atoms with Gasteiger partial charge in [-0.25, -0.2) is 4.79 Å². The lowest BCUT2D eigenvalue weighted by atomic mass is 10.1. The van der Waals surface area contributed by atoms with E-state index < -0.39 is 11.9 Å². The highest BCUT2D eigenvalue weighted by Gasteiger charge is 2.35. The van der Waals surface area contributed by atoms with Crippen LogP contribution < -0.4 is 0 Å². The van der Waals surface area contributed by atoms with E-state index in [9.17, 15) is 19.2 Å². The number of unbranched alkanes of at least 4 members (excludes halogenated alkanes) is 1. The van der Waals surface area contributed by atoms with Crippen LogP contribution in [0.1, 0.15) is 50.8 Å². The Morgan fingerprint density at radius 3 is 2.52 bits per heavy atom. The summed E-state index contributed by atoms with van der Waals surface area (Å²) in [6.45, 7) is 3.84. The molecule has 8 heteroatoms. The smallest absolute Gasteiger partial charge is 0.338 e. The maximum atomic E-state index is 12.4. The second-order valence-corrected chi connectivity index (χ2v) is 6.45. The predicted molar refractivity (Wildman–Crippen MR) is 94.4 cm³/mol. The van der Waals surface area contributed by atoms with E-state index in [-0.39, 0.29) is 35.1 Å². The van der Waals surface area contributed by atoms with Crippen molar-refractivity contribution in [1.82, 2.24) is 9.80 Å². The number of ether oxygens (including phenoxy) is 2. The molecular formula is C19H22N2O6. The normalized spacial score (nSPS) is 16.5. The number of carbonyl (C=O) groups is 4. The summed E-state index contributed by atoms with van der Waals surface area (Å²) in [6, 6.07) is 4.26. The van der Waals surface area contributed by atoms with Crippen molar-refractivity contribution in [1.29, 1.82) is 0 Å². The molecule has 144 valence electrons. The minimum atomic E-state index is -0.702. The Morgan fingerprint density at radius 2 is 1.81 bits per heavy atom. The quantitative estimate of drug-likeness (QED) is 0.547. The molecule has 0 radical (unpaired) electrons. The number of rotatable bonds is 6. The van der Waals surface area contributed by atoms with Gasteiger partial charge in [0, 0.05) is 19.6 Å². The fourth-order valence-electron chi connectivity index (χ4n) is 3.05. The first-order chi connectivity index (χ1) is 13.0. The summed E-state index contributed by atoms with van der Waals surface area (Å²) in [4.78, 5) is 51.8. The van der Waals surface area contributed by atoms with E-state index in [4.69, 9.17) is 9.47 Å². The van der Waals surface area contributed by atoms with Crippen molar-refractivity contribution in [2.75, 3.05) is 39.5 Å². The molecule has 1 fully saturated rings. The minimum absolute atomic E-state index is 0.141. The highest BCUT2D eigenvalue weighted by atomic mass is 16.5. The van der Waals surface area contributed by atoms with E-state index in [0.29, 0.717) is 32.8 Å². The summed E-state index contributed by atoms with van der Waals surface area (Å²) in [5.41, 5.74) is 0.629. The number of hydrogen-bond donors (Lipinski definition) is 0. The average molecular weight is 374 g/mol. The molecule has 0 aliphatic carbocycles. The van der Waals surface area contributed by atoms with Gasteiger partial charge in [0.05, 0.1) is 29.9 Å². The van der Waals surface area contributed by atoms with Gasteiger partial charge in [0.25, 0.3) is 17.7 Å². The van der Waals surface area contributed by atoms with Gasteiger partial charge in [-0.15, -0.1) is 0 Å². The van der Waals surface area contributed by atoms with Gasteiger partial charge >= 0.3 is 5.97 Å². The van der Waals surface area contributed by atoms with E-state index in [1.807, 2.05) is 6.92 Å². The summed E-state index contributed by atoms with van der Waals surface area (Å²) < 4.78 is 10.3. The van der Waals surface area contributed by atoms with E-state index in [2.05, 4.69) is 0 Å². The van der Waals surface area contributed by atoms with Crippen molar-refractivity contribution in [3.63, 3.8) is 0 Å². The third-order valence-electron chi connectivity index (χ3n) is 4.63. The summed E-state index contributed by atoms with van der Waals surface area (Å²) in [6.07, 6.45) is 1.59. The van der Waals surface area contributed by atoms with E-state index >= 15 is 0 Å². The standard InChI is InChI=1S/C19H22N2O6/c1-2-3-6-21-17(23)14-5-4-13(11-15(14)18(21)24)19(25)27-12-16(22)20-7-9-26-10-8-20/h4-5,11H,2-3,6-10,12H2,1H3. The zero-order valence-corrected chi connectivity index (χ0v) is 15.2. The van der Waals surface area contributed by atoms with Gasteiger partial charge in [0.15, 0.2) is 6.61 Å². The molecule has 0 unspecified atom stereocenters. The molecule has 0 spiro atoms. The number of morpholine rings is 1. The van der Waals surface area contributed by atoms with Crippen LogP contribution in [-0.2, 0) is 14.3 Å². The molecule has 1 saturated heterocycles. The Balaban J connectivity index is 1.64. The largest absolute Gasteiger partial charge is 0.452 e. The zero-order chi connectivity index (χ0) is 19.4. The molecule has 3 rings (SSSR count). The summed E-state index contributed by atoms with van der Waals surface area (Å²) in [5, 5.41) is 0. The van der Waals surface area contributed by atoms with Crippen molar-refractivity contribution in [2.45, 2.75) is 19.8 Å². The van der Waals surface area contributed by atoms with E-state index in [1.165, 1.54) is 23.1 Å². The van der Waals surface area contributed by atoms with E-state index in [0.717, 1.165) is 12.8 Å². The average Bonchev–Trinajstić information content (AvgIpc) is 2.94. The van der Waals surface area contributed by atoms with Gasteiger partial charge < -0.3 is 14.4 Å². The molecule has 0 aromatic heterocycles. The number of hydrogen-bond acceptors (Lipinski definition) is 6. The van der Waals surface area contributed by atoms with Crippen molar-refractivity contribution in [3.8, 4) is 0 Å². The number of carbonyl (C=O) groups excluding carboxylic acids is 4. The number of amides is 3. The van der Waals surface area contributed by atoms with Gasteiger partial charge in [-0.2, -0.15) is 0 Å². The highest BCUT2D eigenvalue weighted by Crippen LogP contribution is 2.24. The maximum absolute atomic E-state index is 12.4. The van der Waals surface area contributed by atoms with Crippen LogP contribution in [0, 0.1) is 0 Å². The van der Waals surface area contributed by atoms with Crippen molar-refractivity contribution in [3.05, 3.63) is 34.9 Å². The van der Waals surface area contributed by atoms with Gasteiger partial charge in [-0.3, -0.25) is 19.3 Å². The second kappa shape index (κ2) is 8.30. The Hall–Kier alpha value is -2.74. The van der Waals surface area contributed by atoms with Crippen LogP contribution in [0.15, 0.2) is 18.2 Å². The fourth-order valence-corrected chi connectivity index (χ4v) is 3.05. The molecule has 0 atom stereocenters. The summed E-state index contributed by atoms with van der Waals surface area (Å²) in [5.74, 6) is -1.73. The molecule has 0 bridgehead atoms. The minimum Gasteiger partial charge on any atom is -0.452 e. The van der Waals surface area contributed by atoms with Crippen LogP contribution in [0.5, 0.6) is 0 Å². The van der Waals surface area contributed by atoms with Crippen LogP contribution in [0.3, 0.4) is 0 Å². The first-order valence-electron chi connectivity index (χ1n) is 9.05.